The lowest BCUT2D eigenvalue weighted by molar-refractivity contribution is 0.216. The van der Waals surface area contributed by atoms with Crippen LogP contribution in [0.1, 0.15) is 29.9 Å². The largest absolute Gasteiger partial charge is 0.392 e. The molecule has 0 radical (unpaired) electrons. The van der Waals surface area contributed by atoms with Gasteiger partial charge in [0, 0.05) is 12.6 Å². The van der Waals surface area contributed by atoms with Crippen LogP contribution in [-0.2, 0) is 6.61 Å². The van der Waals surface area contributed by atoms with E-state index in [1.54, 1.807) is 6.07 Å². The number of anilines is 1. The first kappa shape index (κ1) is 13.7. The van der Waals surface area contributed by atoms with Crippen molar-refractivity contribution >= 4 is 11.7 Å². The van der Waals surface area contributed by atoms with E-state index in [0.717, 1.165) is 23.4 Å². The second-order valence-electron chi connectivity index (χ2n) is 4.66. The number of aliphatic hydroxyl groups is 1. The van der Waals surface area contributed by atoms with E-state index >= 15 is 0 Å². The van der Waals surface area contributed by atoms with Crippen LogP contribution in [0.25, 0.3) is 0 Å². The normalized spacial score (nSPS) is 14.4. The van der Waals surface area contributed by atoms with Gasteiger partial charge in [-0.1, -0.05) is 6.07 Å². The Morgan fingerprint density at radius 2 is 2.11 bits per heavy atom. The molecule has 1 saturated carbocycles. The first-order valence-corrected chi connectivity index (χ1v) is 5.96. The Kier molecular flexibility index (Phi) is 3.70. The molecule has 2 rings (SSSR count). The van der Waals surface area contributed by atoms with Crippen molar-refractivity contribution in [2.24, 2.45) is 11.7 Å². The smallest absolute Gasteiger partial charge is 0.352 e. The van der Waals surface area contributed by atoms with Gasteiger partial charge in [-0.15, -0.1) is 0 Å². The molecule has 7 heteroatoms. The molecule has 6 nitrogen and oxygen atoms in total. The predicted molar refractivity (Wildman–Crippen MR) is 68.3 cm³/mol. The number of benzene rings is 1. The number of nitrogens with zero attached hydrogens (tertiary/aromatic N) is 2. The van der Waals surface area contributed by atoms with E-state index in [1.807, 2.05) is 0 Å². The van der Waals surface area contributed by atoms with E-state index in [2.05, 4.69) is 0 Å². The van der Waals surface area contributed by atoms with Gasteiger partial charge in [0.15, 0.2) is 0 Å². The average Bonchev–Trinajstić information content (AvgIpc) is 3.20. The molecule has 1 aliphatic rings. The molecule has 5 N–H and O–H groups in total. The molecular formula is C12H17FN4O2. The number of amides is 2. The third kappa shape index (κ3) is 2.53. The van der Waals surface area contributed by atoms with E-state index in [4.69, 9.17) is 11.7 Å². The Morgan fingerprint density at radius 1 is 1.47 bits per heavy atom. The van der Waals surface area contributed by atoms with E-state index in [0.29, 0.717) is 16.5 Å². The molecule has 0 aromatic heterocycles. The van der Waals surface area contributed by atoms with Crippen LogP contribution in [0.2, 0.25) is 0 Å². The Bertz CT molecular complexity index is 503. The monoisotopic (exact) mass is 268 g/mol. The van der Waals surface area contributed by atoms with Gasteiger partial charge in [0.1, 0.15) is 11.5 Å². The molecule has 0 unspecified atom stereocenters. The number of carbonyl (C=O) groups excluding carboxylic acids is 1. The zero-order valence-corrected chi connectivity index (χ0v) is 10.6. The van der Waals surface area contributed by atoms with Gasteiger partial charge in [0.25, 0.3) is 0 Å². The number of aliphatic hydroxyl groups excluding tert-OH is 1. The highest BCUT2D eigenvalue weighted by atomic mass is 19.1. The van der Waals surface area contributed by atoms with Crippen LogP contribution in [0.15, 0.2) is 12.1 Å². The number of halogens is 1. The van der Waals surface area contributed by atoms with Crippen molar-refractivity contribution in [3.63, 3.8) is 0 Å². The Hall–Kier alpha value is -1.70. The Morgan fingerprint density at radius 3 is 2.58 bits per heavy atom. The fraction of sp³-hybridized carbons (Fsp3) is 0.417. The molecule has 1 aromatic rings. The lowest BCUT2D eigenvalue weighted by Gasteiger charge is -2.24. The van der Waals surface area contributed by atoms with Crippen LogP contribution in [0.4, 0.5) is 14.9 Å². The molecule has 0 heterocycles. The second kappa shape index (κ2) is 5.12. The molecule has 0 saturated heterocycles. The van der Waals surface area contributed by atoms with Crippen molar-refractivity contribution < 1.29 is 14.3 Å². The first-order valence-electron chi connectivity index (χ1n) is 5.96. The molecule has 0 aliphatic heterocycles. The summed E-state index contributed by atoms with van der Waals surface area (Å²) in [6.07, 6.45) is 1.99. The molecular weight excluding hydrogens is 251 g/mol. The van der Waals surface area contributed by atoms with Crippen LogP contribution in [0, 0.1) is 5.82 Å². The number of hydrazine groups is 2. The van der Waals surface area contributed by atoms with Gasteiger partial charge in [-0.2, -0.15) is 0 Å². The number of nitrogens with two attached hydrogens (primary N) is 2. The Labute approximate surface area is 110 Å². The van der Waals surface area contributed by atoms with E-state index in [-0.39, 0.29) is 12.3 Å². The minimum absolute atomic E-state index is 0.116. The lowest BCUT2D eigenvalue weighted by atomic mass is 10.0. The number of rotatable bonds is 3. The number of carbonyl (C=O) groups is 1. The van der Waals surface area contributed by atoms with Crippen molar-refractivity contribution in [3.05, 3.63) is 29.1 Å². The van der Waals surface area contributed by atoms with Gasteiger partial charge < -0.3 is 5.11 Å². The third-order valence-corrected chi connectivity index (χ3v) is 3.19. The maximum Gasteiger partial charge on any atom is 0.352 e. The second-order valence-corrected chi connectivity index (χ2v) is 4.66. The first-order chi connectivity index (χ1) is 8.97. The zero-order valence-electron chi connectivity index (χ0n) is 10.6. The van der Waals surface area contributed by atoms with Gasteiger partial charge in [-0.3, -0.25) is 5.01 Å². The topological polar surface area (TPSA) is 95.8 Å². The highest BCUT2D eigenvalue weighted by molar-refractivity contribution is 5.91. The summed E-state index contributed by atoms with van der Waals surface area (Å²) < 4.78 is 13.9. The van der Waals surface area contributed by atoms with Gasteiger partial charge in [0.2, 0.25) is 0 Å². The third-order valence-electron chi connectivity index (χ3n) is 3.19. The van der Waals surface area contributed by atoms with Crippen LogP contribution in [0.5, 0.6) is 0 Å². The standard InChI is InChI=1S/C12H17FN4O2/c1-16(14)12(19)17(15)11-9(6-18)8(7-2-3-7)4-5-10(11)13/h4-5,7,18H,2-3,6,14-15H2,1H3. The molecule has 1 aliphatic carbocycles. The van der Waals surface area contributed by atoms with Crippen molar-refractivity contribution in [2.45, 2.75) is 25.4 Å². The van der Waals surface area contributed by atoms with Crippen LogP contribution in [0.3, 0.4) is 0 Å². The Balaban J connectivity index is 2.48. The van der Waals surface area contributed by atoms with Crippen molar-refractivity contribution in [2.75, 3.05) is 12.1 Å². The molecule has 19 heavy (non-hydrogen) atoms. The van der Waals surface area contributed by atoms with E-state index in [1.165, 1.54) is 13.1 Å². The summed E-state index contributed by atoms with van der Waals surface area (Å²) in [5.41, 5.74) is 1.07. The lowest BCUT2D eigenvalue weighted by Crippen LogP contribution is -2.49. The van der Waals surface area contributed by atoms with Crippen molar-refractivity contribution in [3.8, 4) is 0 Å². The van der Waals surface area contributed by atoms with Gasteiger partial charge in [0.05, 0.1) is 6.61 Å². The molecule has 0 spiro atoms. The molecule has 1 fully saturated rings. The van der Waals surface area contributed by atoms with Crippen molar-refractivity contribution in [1.29, 1.82) is 0 Å². The van der Waals surface area contributed by atoms with E-state index < -0.39 is 11.8 Å². The summed E-state index contributed by atoms with van der Waals surface area (Å²) in [5.74, 6) is 10.6. The molecule has 1 aromatic carbocycles. The molecule has 0 atom stereocenters. The van der Waals surface area contributed by atoms with Gasteiger partial charge in [-0.05, 0) is 30.4 Å². The fourth-order valence-electron chi connectivity index (χ4n) is 2.09. The maximum absolute atomic E-state index is 13.9. The number of hydrogen-bond acceptors (Lipinski definition) is 4. The summed E-state index contributed by atoms with van der Waals surface area (Å²) >= 11 is 0. The van der Waals surface area contributed by atoms with Gasteiger partial charge in [-0.25, -0.2) is 25.9 Å². The summed E-state index contributed by atoms with van der Waals surface area (Å²) in [6, 6.07) is 2.12. The SMILES string of the molecule is CN(N)C(=O)N(N)c1c(F)ccc(C2CC2)c1CO. The van der Waals surface area contributed by atoms with Crippen molar-refractivity contribution in [1.82, 2.24) is 5.01 Å². The summed E-state index contributed by atoms with van der Waals surface area (Å²) in [6.45, 7) is -0.381. The predicted octanol–water partition coefficient (Wildman–Crippen LogP) is 0.801. The van der Waals surface area contributed by atoms with Crippen LogP contribution >= 0.6 is 0 Å². The highest BCUT2D eigenvalue weighted by Crippen LogP contribution is 2.44. The average molecular weight is 268 g/mol. The number of hydrogen-bond donors (Lipinski definition) is 3. The number of urea groups is 1. The zero-order chi connectivity index (χ0) is 14.2. The van der Waals surface area contributed by atoms with Crippen LogP contribution in [-0.4, -0.2) is 23.2 Å². The highest BCUT2D eigenvalue weighted by Gasteiger charge is 2.30. The van der Waals surface area contributed by atoms with Gasteiger partial charge >= 0.3 is 6.03 Å². The molecule has 0 bridgehead atoms. The maximum atomic E-state index is 13.9. The van der Waals surface area contributed by atoms with Crippen LogP contribution < -0.4 is 16.7 Å². The molecule has 2 amide bonds. The minimum Gasteiger partial charge on any atom is -0.392 e. The summed E-state index contributed by atoms with van der Waals surface area (Å²) in [7, 11) is 1.31. The quantitative estimate of drug-likeness (QED) is 0.429. The summed E-state index contributed by atoms with van der Waals surface area (Å²) in [4.78, 5) is 11.7. The molecule has 104 valence electrons. The summed E-state index contributed by atoms with van der Waals surface area (Å²) in [5, 5.41) is 10.9. The minimum atomic E-state index is -0.762. The van der Waals surface area contributed by atoms with E-state index in [9.17, 15) is 14.3 Å². The fourth-order valence-corrected chi connectivity index (χ4v) is 2.09.